The Morgan fingerprint density at radius 2 is 2.04 bits per heavy atom. The molecule has 0 saturated carbocycles. The van der Waals surface area contributed by atoms with E-state index in [2.05, 4.69) is 10.3 Å². The number of aliphatic hydroxyl groups is 1. The number of aliphatic hydroxyl groups excluding tert-OH is 1. The van der Waals surface area contributed by atoms with Gasteiger partial charge in [0.25, 0.3) is 5.91 Å². The molecule has 1 heterocycles. The maximum atomic E-state index is 13.0. The fraction of sp³-hybridized carbons (Fsp3) is 0.250. The highest BCUT2D eigenvalue weighted by Gasteiger charge is 2.12. The van der Waals surface area contributed by atoms with E-state index in [1.54, 1.807) is 24.5 Å². The zero-order valence-corrected chi connectivity index (χ0v) is 12.2. The molecule has 1 atom stereocenters. The highest BCUT2D eigenvalue weighted by atomic mass is 19.1. The molecular formula is C16H16F2N2O3. The van der Waals surface area contributed by atoms with Crippen molar-refractivity contribution < 1.29 is 23.4 Å². The number of carbonyl (C=O) groups excluding carboxylic acids is 1. The van der Waals surface area contributed by atoms with E-state index in [1.165, 1.54) is 0 Å². The van der Waals surface area contributed by atoms with Gasteiger partial charge in [0, 0.05) is 43.1 Å². The summed E-state index contributed by atoms with van der Waals surface area (Å²) in [4.78, 5) is 15.7. The van der Waals surface area contributed by atoms with E-state index in [0.29, 0.717) is 6.07 Å². The van der Waals surface area contributed by atoms with Gasteiger partial charge in [0.2, 0.25) is 0 Å². The third-order valence-corrected chi connectivity index (χ3v) is 3.13. The molecule has 23 heavy (non-hydrogen) atoms. The Balaban J connectivity index is 1.82. The van der Waals surface area contributed by atoms with Crippen LogP contribution in [0.15, 0.2) is 42.7 Å². The molecule has 0 fully saturated rings. The lowest BCUT2D eigenvalue weighted by Crippen LogP contribution is -2.33. The van der Waals surface area contributed by atoms with Crippen LogP contribution in [0.3, 0.4) is 0 Å². The maximum Gasteiger partial charge on any atom is 0.257 e. The summed E-state index contributed by atoms with van der Waals surface area (Å²) in [6, 6.07) is 6.23. The lowest BCUT2D eigenvalue weighted by atomic mass is 10.0. The number of hydrogen-bond acceptors (Lipinski definition) is 4. The average Bonchev–Trinajstić information content (AvgIpc) is 2.53. The number of halogens is 2. The predicted octanol–water partition coefficient (Wildman–Crippen LogP) is 1.63. The van der Waals surface area contributed by atoms with Gasteiger partial charge < -0.3 is 15.2 Å². The van der Waals surface area contributed by atoms with Crippen LogP contribution in [0.5, 0.6) is 5.75 Å². The van der Waals surface area contributed by atoms with E-state index in [4.69, 9.17) is 4.74 Å². The zero-order valence-electron chi connectivity index (χ0n) is 12.2. The molecule has 1 aromatic carbocycles. The Kier molecular flexibility index (Phi) is 5.99. The van der Waals surface area contributed by atoms with Gasteiger partial charge in [-0.15, -0.1) is 0 Å². The molecular weight excluding hydrogens is 306 g/mol. The fourth-order valence-electron chi connectivity index (χ4n) is 1.95. The van der Waals surface area contributed by atoms with Crippen LogP contribution in [0, 0.1) is 11.6 Å². The minimum absolute atomic E-state index is 0.0661. The quantitative estimate of drug-likeness (QED) is 0.813. The number of nitrogens with zero attached hydrogens (tertiary/aromatic N) is 1. The van der Waals surface area contributed by atoms with Gasteiger partial charge in [-0.2, -0.15) is 0 Å². The lowest BCUT2D eigenvalue weighted by molar-refractivity contribution is -0.123. The van der Waals surface area contributed by atoms with Crippen molar-refractivity contribution in [1.82, 2.24) is 10.3 Å². The lowest BCUT2D eigenvalue weighted by Gasteiger charge is -2.15. The number of hydrogen-bond donors (Lipinski definition) is 2. The molecule has 0 bridgehead atoms. The van der Waals surface area contributed by atoms with Gasteiger partial charge in [-0.25, -0.2) is 8.78 Å². The first kappa shape index (κ1) is 16.8. The van der Waals surface area contributed by atoms with Gasteiger partial charge in [-0.1, -0.05) is 6.07 Å². The monoisotopic (exact) mass is 322 g/mol. The van der Waals surface area contributed by atoms with E-state index in [9.17, 15) is 18.7 Å². The molecule has 122 valence electrons. The van der Waals surface area contributed by atoms with E-state index >= 15 is 0 Å². The Labute approximate surface area is 131 Å². The number of rotatable bonds is 7. The second-order valence-corrected chi connectivity index (χ2v) is 4.86. The molecule has 0 aliphatic carbocycles. The summed E-state index contributed by atoms with van der Waals surface area (Å²) >= 11 is 0. The van der Waals surface area contributed by atoms with Crippen molar-refractivity contribution in [2.45, 2.75) is 5.92 Å². The van der Waals surface area contributed by atoms with E-state index in [-0.39, 0.29) is 31.4 Å². The van der Waals surface area contributed by atoms with Crippen LogP contribution in [0.4, 0.5) is 8.78 Å². The second kappa shape index (κ2) is 8.19. The maximum absolute atomic E-state index is 13.0. The Morgan fingerprint density at radius 3 is 2.65 bits per heavy atom. The van der Waals surface area contributed by atoms with E-state index < -0.39 is 17.5 Å². The first-order valence-corrected chi connectivity index (χ1v) is 6.95. The van der Waals surface area contributed by atoms with Crippen molar-refractivity contribution in [3.8, 4) is 5.75 Å². The summed E-state index contributed by atoms with van der Waals surface area (Å²) in [6.45, 7) is -0.335. The first-order valence-electron chi connectivity index (χ1n) is 6.95. The summed E-state index contributed by atoms with van der Waals surface area (Å²) in [5.41, 5.74) is 0.795. The SMILES string of the molecule is O=C(COc1cc(F)cc(F)c1)NCC(CO)c1cccnc1. The number of ether oxygens (including phenoxy) is 1. The molecule has 5 nitrogen and oxygen atoms in total. The van der Waals surface area contributed by atoms with Crippen molar-refractivity contribution in [3.63, 3.8) is 0 Å². The number of amides is 1. The third kappa shape index (κ3) is 5.30. The summed E-state index contributed by atoms with van der Waals surface area (Å²) < 4.78 is 31.0. The van der Waals surface area contributed by atoms with Gasteiger partial charge in [0.15, 0.2) is 6.61 Å². The van der Waals surface area contributed by atoms with Crippen molar-refractivity contribution in [2.24, 2.45) is 0 Å². The largest absolute Gasteiger partial charge is 0.484 e. The van der Waals surface area contributed by atoms with Crippen LogP contribution in [0.25, 0.3) is 0 Å². The van der Waals surface area contributed by atoms with Gasteiger partial charge in [0.1, 0.15) is 17.4 Å². The molecule has 0 saturated heterocycles. The van der Waals surface area contributed by atoms with Crippen molar-refractivity contribution in [1.29, 1.82) is 0 Å². The molecule has 0 aliphatic rings. The van der Waals surface area contributed by atoms with Crippen LogP contribution in [0.2, 0.25) is 0 Å². The fourth-order valence-corrected chi connectivity index (χ4v) is 1.95. The molecule has 1 unspecified atom stereocenters. The van der Waals surface area contributed by atoms with Gasteiger partial charge in [-0.3, -0.25) is 9.78 Å². The van der Waals surface area contributed by atoms with Gasteiger partial charge in [-0.05, 0) is 11.6 Å². The number of benzene rings is 1. The van der Waals surface area contributed by atoms with Crippen LogP contribution in [0.1, 0.15) is 11.5 Å². The summed E-state index contributed by atoms with van der Waals surface area (Å²) in [7, 11) is 0. The number of carbonyl (C=O) groups is 1. The molecule has 2 N–H and O–H groups in total. The molecule has 1 aromatic heterocycles. The molecule has 0 aliphatic heterocycles. The van der Waals surface area contributed by atoms with Crippen molar-refractivity contribution >= 4 is 5.91 Å². The summed E-state index contributed by atoms with van der Waals surface area (Å²) in [5, 5.41) is 12.0. The summed E-state index contributed by atoms with van der Waals surface area (Å²) in [5.74, 6) is -2.38. The zero-order chi connectivity index (χ0) is 16.7. The molecule has 2 aromatic rings. The Bertz CT molecular complexity index is 633. The highest BCUT2D eigenvalue weighted by Crippen LogP contribution is 2.15. The second-order valence-electron chi connectivity index (χ2n) is 4.86. The van der Waals surface area contributed by atoms with Crippen LogP contribution in [-0.2, 0) is 4.79 Å². The van der Waals surface area contributed by atoms with E-state index in [0.717, 1.165) is 17.7 Å². The topological polar surface area (TPSA) is 71.5 Å². The molecule has 0 spiro atoms. The molecule has 2 rings (SSSR count). The normalized spacial score (nSPS) is 11.8. The third-order valence-electron chi connectivity index (χ3n) is 3.13. The summed E-state index contributed by atoms with van der Waals surface area (Å²) in [6.07, 6.45) is 3.22. The molecule has 7 heteroatoms. The number of nitrogens with one attached hydrogen (secondary N) is 1. The van der Waals surface area contributed by atoms with Gasteiger partial charge >= 0.3 is 0 Å². The van der Waals surface area contributed by atoms with Crippen LogP contribution >= 0.6 is 0 Å². The smallest absolute Gasteiger partial charge is 0.257 e. The minimum atomic E-state index is -0.780. The Hall–Kier alpha value is -2.54. The first-order chi connectivity index (χ1) is 11.1. The van der Waals surface area contributed by atoms with E-state index in [1.807, 2.05) is 0 Å². The van der Waals surface area contributed by atoms with Crippen molar-refractivity contribution in [3.05, 3.63) is 59.9 Å². The van der Waals surface area contributed by atoms with Crippen LogP contribution in [-0.4, -0.2) is 35.8 Å². The number of pyridine rings is 1. The Morgan fingerprint density at radius 1 is 1.30 bits per heavy atom. The predicted molar refractivity (Wildman–Crippen MR) is 78.9 cm³/mol. The van der Waals surface area contributed by atoms with Crippen LogP contribution < -0.4 is 10.1 Å². The van der Waals surface area contributed by atoms with Crippen molar-refractivity contribution in [2.75, 3.05) is 19.8 Å². The minimum Gasteiger partial charge on any atom is -0.484 e. The molecule has 0 radical (unpaired) electrons. The number of aromatic nitrogens is 1. The van der Waals surface area contributed by atoms with Gasteiger partial charge in [0.05, 0.1) is 6.61 Å². The average molecular weight is 322 g/mol. The highest BCUT2D eigenvalue weighted by molar-refractivity contribution is 5.77. The standard InChI is InChI=1S/C16H16F2N2O3/c17-13-4-14(18)6-15(5-13)23-10-16(22)20-8-12(9-21)11-2-1-3-19-7-11/h1-7,12,21H,8-10H2,(H,20,22). The molecule has 1 amide bonds.